The van der Waals surface area contributed by atoms with Gasteiger partial charge in [-0.3, -0.25) is 14.4 Å². The van der Waals surface area contributed by atoms with Crippen molar-refractivity contribution < 1.29 is 23.9 Å². The lowest BCUT2D eigenvalue weighted by atomic mass is 9.88. The van der Waals surface area contributed by atoms with Crippen molar-refractivity contribution >= 4 is 23.5 Å². The minimum Gasteiger partial charge on any atom is -0.481 e. The van der Waals surface area contributed by atoms with E-state index in [2.05, 4.69) is 10.6 Å². The van der Waals surface area contributed by atoms with Gasteiger partial charge in [-0.1, -0.05) is 36.4 Å². The third-order valence-corrected chi connectivity index (χ3v) is 4.72. The van der Waals surface area contributed by atoms with E-state index in [4.69, 9.17) is 0 Å². The predicted octanol–water partition coefficient (Wildman–Crippen LogP) is 2.83. The number of carbonyl (C=O) groups excluding carboxylic acids is 2. The maximum Gasteiger partial charge on any atom is 0.308 e. The van der Waals surface area contributed by atoms with Gasteiger partial charge in [0.05, 0.1) is 17.9 Å². The molecule has 2 aromatic rings. The molecule has 0 radical (unpaired) electrons. The monoisotopic (exact) mass is 370 g/mol. The maximum absolute atomic E-state index is 13.5. The maximum atomic E-state index is 13.5. The van der Waals surface area contributed by atoms with Gasteiger partial charge in [-0.15, -0.1) is 0 Å². The molecule has 3 N–H and O–H groups in total. The molecule has 3 unspecified atom stereocenters. The van der Waals surface area contributed by atoms with Crippen molar-refractivity contribution in [3.8, 4) is 0 Å². The SMILES string of the molecule is CC(C(=O)O)C(NC(=O)C1CC(=O)Nc2cc(F)ccc21)c1ccccc1. The highest BCUT2D eigenvalue weighted by atomic mass is 19.1. The molecule has 6 nitrogen and oxygen atoms in total. The topological polar surface area (TPSA) is 95.5 Å². The van der Waals surface area contributed by atoms with E-state index in [-0.39, 0.29) is 12.1 Å². The molecule has 2 amide bonds. The molecule has 2 aromatic carbocycles. The van der Waals surface area contributed by atoms with E-state index in [9.17, 15) is 23.9 Å². The summed E-state index contributed by atoms with van der Waals surface area (Å²) in [5, 5.41) is 14.7. The van der Waals surface area contributed by atoms with Crippen LogP contribution >= 0.6 is 0 Å². The van der Waals surface area contributed by atoms with Crippen LogP contribution in [0.25, 0.3) is 0 Å². The Morgan fingerprint density at radius 2 is 1.93 bits per heavy atom. The third-order valence-electron chi connectivity index (χ3n) is 4.72. The molecule has 7 heteroatoms. The van der Waals surface area contributed by atoms with Crippen LogP contribution in [0.1, 0.15) is 36.4 Å². The van der Waals surface area contributed by atoms with Crippen LogP contribution < -0.4 is 10.6 Å². The summed E-state index contributed by atoms with van der Waals surface area (Å²) in [5.41, 5.74) is 1.41. The lowest BCUT2D eigenvalue weighted by molar-refractivity contribution is -0.142. The first-order valence-corrected chi connectivity index (χ1v) is 8.54. The zero-order valence-corrected chi connectivity index (χ0v) is 14.6. The molecule has 0 bridgehead atoms. The molecule has 3 rings (SSSR count). The van der Waals surface area contributed by atoms with Crippen LogP contribution in [0.3, 0.4) is 0 Å². The molecular weight excluding hydrogens is 351 g/mol. The molecule has 1 aliphatic rings. The average Bonchev–Trinajstić information content (AvgIpc) is 2.64. The van der Waals surface area contributed by atoms with Gasteiger partial charge < -0.3 is 15.7 Å². The number of carboxylic acids is 1. The highest BCUT2D eigenvalue weighted by molar-refractivity contribution is 6.01. The Hall–Kier alpha value is -3.22. The molecule has 27 heavy (non-hydrogen) atoms. The molecule has 0 saturated heterocycles. The highest BCUT2D eigenvalue weighted by Gasteiger charge is 2.34. The van der Waals surface area contributed by atoms with E-state index < -0.39 is 41.5 Å². The molecule has 3 atom stereocenters. The third kappa shape index (κ3) is 3.97. The first-order chi connectivity index (χ1) is 12.9. The zero-order chi connectivity index (χ0) is 19.6. The number of carboxylic acid groups (broad SMARTS) is 1. The van der Waals surface area contributed by atoms with Gasteiger partial charge in [0.2, 0.25) is 11.8 Å². The normalized spacial score (nSPS) is 18.0. The number of anilines is 1. The van der Waals surface area contributed by atoms with Gasteiger partial charge in [0, 0.05) is 12.1 Å². The molecule has 0 spiro atoms. The number of halogens is 1. The highest BCUT2D eigenvalue weighted by Crippen LogP contribution is 2.34. The number of amides is 2. The fourth-order valence-corrected chi connectivity index (χ4v) is 3.22. The Bertz CT molecular complexity index is 885. The van der Waals surface area contributed by atoms with Crippen LogP contribution in [0.4, 0.5) is 10.1 Å². The molecule has 140 valence electrons. The number of nitrogens with one attached hydrogen (secondary N) is 2. The van der Waals surface area contributed by atoms with Crippen LogP contribution in [0, 0.1) is 11.7 Å². The number of fused-ring (bicyclic) bond motifs is 1. The zero-order valence-electron chi connectivity index (χ0n) is 14.6. The molecule has 1 heterocycles. The van der Waals surface area contributed by atoms with E-state index >= 15 is 0 Å². The van der Waals surface area contributed by atoms with Gasteiger partial charge in [-0.25, -0.2) is 4.39 Å². The van der Waals surface area contributed by atoms with Gasteiger partial charge in [0.1, 0.15) is 5.82 Å². The van der Waals surface area contributed by atoms with Gasteiger partial charge in [-0.05, 0) is 30.2 Å². The van der Waals surface area contributed by atoms with Gasteiger partial charge in [0.15, 0.2) is 0 Å². The minimum absolute atomic E-state index is 0.0899. The lowest BCUT2D eigenvalue weighted by Gasteiger charge is -2.29. The summed E-state index contributed by atoms with van der Waals surface area (Å²) in [6.45, 7) is 1.51. The second-order valence-electron chi connectivity index (χ2n) is 6.56. The van der Waals surface area contributed by atoms with E-state index in [1.54, 1.807) is 30.3 Å². The Balaban J connectivity index is 1.90. The van der Waals surface area contributed by atoms with Crippen LogP contribution in [0.15, 0.2) is 48.5 Å². The summed E-state index contributed by atoms with van der Waals surface area (Å²) >= 11 is 0. The number of hydrogen-bond acceptors (Lipinski definition) is 3. The van der Waals surface area contributed by atoms with E-state index in [0.717, 1.165) is 0 Å². The van der Waals surface area contributed by atoms with Crippen molar-refractivity contribution in [2.45, 2.75) is 25.3 Å². The first-order valence-electron chi connectivity index (χ1n) is 8.54. The smallest absolute Gasteiger partial charge is 0.308 e. The van der Waals surface area contributed by atoms with Crippen molar-refractivity contribution in [2.24, 2.45) is 5.92 Å². The Morgan fingerprint density at radius 3 is 2.59 bits per heavy atom. The molecule has 0 aliphatic carbocycles. The van der Waals surface area contributed by atoms with E-state index in [1.165, 1.54) is 25.1 Å². The number of hydrogen-bond donors (Lipinski definition) is 3. The summed E-state index contributed by atoms with van der Waals surface area (Å²) in [4.78, 5) is 36.4. The number of aliphatic carboxylic acids is 1. The molecular formula is C20H19FN2O4. The fourth-order valence-electron chi connectivity index (χ4n) is 3.22. The average molecular weight is 370 g/mol. The Morgan fingerprint density at radius 1 is 1.22 bits per heavy atom. The van der Waals surface area contributed by atoms with Crippen molar-refractivity contribution in [3.63, 3.8) is 0 Å². The molecule has 0 saturated carbocycles. The first kappa shape index (κ1) is 18.6. The van der Waals surface area contributed by atoms with Crippen molar-refractivity contribution in [1.82, 2.24) is 5.32 Å². The quantitative estimate of drug-likeness (QED) is 0.754. The minimum atomic E-state index is -1.05. The van der Waals surface area contributed by atoms with E-state index in [0.29, 0.717) is 11.1 Å². The largest absolute Gasteiger partial charge is 0.481 e. The lowest BCUT2D eigenvalue weighted by Crippen LogP contribution is -2.40. The standard InChI is InChI=1S/C20H19FN2O4/c1-11(20(26)27)18(12-5-3-2-4-6-12)23-19(25)15-10-17(24)22-16-9-13(21)7-8-14(15)16/h2-9,11,15,18H,10H2,1H3,(H,22,24)(H,23,25)(H,26,27). The predicted molar refractivity (Wildman–Crippen MR) is 96.5 cm³/mol. The van der Waals surface area contributed by atoms with Gasteiger partial charge in [-0.2, -0.15) is 0 Å². The van der Waals surface area contributed by atoms with E-state index in [1.807, 2.05) is 0 Å². The molecule has 1 aliphatic heterocycles. The second-order valence-corrected chi connectivity index (χ2v) is 6.56. The number of carbonyl (C=O) groups is 3. The molecule has 0 aromatic heterocycles. The summed E-state index contributed by atoms with van der Waals surface area (Å²) in [7, 11) is 0. The Kier molecular flexibility index (Phi) is 5.21. The summed E-state index contributed by atoms with van der Waals surface area (Å²) < 4.78 is 13.5. The number of benzene rings is 2. The van der Waals surface area contributed by atoms with Crippen LogP contribution in [-0.4, -0.2) is 22.9 Å². The second kappa shape index (κ2) is 7.57. The van der Waals surface area contributed by atoms with Crippen molar-refractivity contribution in [1.29, 1.82) is 0 Å². The van der Waals surface area contributed by atoms with Crippen LogP contribution in [0.2, 0.25) is 0 Å². The summed E-state index contributed by atoms with van der Waals surface area (Å²) in [6.07, 6.45) is -0.0899. The Labute approximate surface area is 155 Å². The summed E-state index contributed by atoms with van der Waals surface area (Å²) in [5.74, 6) is -4.12. The summed E-state index contributed by atoms with van der Waals surface area (Å²) in [6, 6.07) is 11.9. The van der Waals surface area contributed by atoms with Crippen molar-refractivity contribution in [2.75, 3.05) is 5.32 Å². The van der Waals surface area contributed by atoms with Gasteiger partial charge >= 0.3 is 5.97 Å². The van der Waals surface area contributed by atoms with Gasteiger partial charge in [0.25, 0.3) is 0 Å². The van der Waals surface area contributed by atoms with Crippen molar-refractivity contribution in [3.05, 3.63) is 65.5 Å². The van der Waals surface area contributed by atoms with Crippen LogP contribution in [0.5, 0.6) is 0 Å². The van der Waals surface area contributed by atoms with Crippen LogP contribution in [-0.2, 0) is 14.4 Å². The fraction of sp³-hybridized carbons (Fsp3) is 0.250. The number of rotatable bonds is 5. The molecule has 0 fully saturated rings.